The predicted octanol–water partition coefficient (Wildman–Crippen LogP) is 0.338. The summed E-state index contributed by atoms with van der Waals surface area (Å²) in [6.07, 6.45) is 0.941. The molecule has 0 aromatic carbocycles. The third-order valence-corrected chi connectivity index (χ3v) is 1.41. The summed E-state index contributed by atoms with van der Waals surface area (Å²) in [5, 5.41) is 11.6. The molecule has 2 N–H and O–H groups in total. The number of carbonyl (C=O) groups is 1. The molecule has 0 saturated carbocycles. The molecule has 0 bridgehead atoms. The van der Waals surface area contributed by atoms with Crippen molar-refractivity contribution in [2.45, 2.75) is 12.8 Å². The monoisotopic (exact) mass is 127 g/mol. The molecule has 9 heavy (non-hydrogen) atoms. The third-order valence-electron chi connectivity index (χ3n) is 1.41. The topological polar surface area (TPSA) is 49.3 Å². The van der Waals surface area contributed by atoms with Crippen LogP contribution < -0.4 is 5.32 Å². The van der Waals surface area contributed by atoms with E-state index >= 15 is 0 Å². The van der Waals surface area contributed by atoms with Gasteiger partial charge in [0.25, 0.3) is 0 Å². The summed E-state index contributed by atoms with van der Waals surface area (Å²) in [6.45, 7) is 0. The van der Waals surface area contributed by atoms with E-state index in [9.17, 15) is 4.79 Å². The number of likely N-dealkylation sites (N-methyl/N-ethyl adjacent to an activating group) is 1. The summed E-state index contributed by atoms with van der Waals surface area (Å²) in [5.74, 6) is 0.206. The van der Waals surface area contributed by atoms with Gasteiger partial charge >= 0.3 is 0 Å². The standard InChI is InChI=1S/C6H9NO2/c1-7-6-4(8)2-3-5(6)9/h7-8H,2-3H2,1H3. The molecule has 0 unspecified atom stereocenters. The average Bonchev–Trinajstić information content (AvgIpc) is 2.12. The Morgan fingerprint density at radius 3 is 2.44 bits per heavy atom. The highest BCUT2D eigenvalue weighted by molar-refractivity contribution is 5.97. The lowest BCUT2D eigenvalue weighted by Gasteiger charge is -1.96. The second-order valence-electron chi connectivity index (χ2n) is 1.99. The summed E-state index contributed by atoms with van der Waals surface area (Å²) in [6, 6.07) is 0. The van der Waals surface area contributed by atoms with Gasteiger partial charge in [-0.2, -0.15) is 0 Å². The van der Waals surface area contributed by atoms with Gasteiger partial charge in [0.2, 0.25) is 0 Å². The number of rotatable bonds is 1. The Bertz CT molecular complexity index is 172. The SMILES string of the molecule is CNC1=C(O)CCC1=O. The van der Waals surface area contributed by atoms with Crippen LogP contribution in [0.3, 0.4) is 0 Å². The van der Waals surface area contributed by atoms with Crippen LogP contribution in [0.5, 0.6) is 0 Å². The molecule has 0 aliphatic heterocycles. The molecule has 0 aromatic rings. The summed E-state index contributed by atoms with van der Waals surface area (Å²) in [5.41, 5.74) is 0.384. The van der Waals surface area contributed by atoms with Crippen LogP contribution in [0.1, 0.15) is 12.8 Å². The van der Waals surface area contributed by atoms with Gasteiger partial charge < -0.3 is 10.4 Å². The van der Waals surface area contributed by atoms with Crippen LogP contribution in [0.2, 0.25) is 0 Å². The van der Waals surface area contributed by atoms with Crippen molar-refractivity contribution in [2.24, 2.45) is 0 Å². The number of nitrogens with one attached hydrogen (secondary N) is 1. The fourth-order valence-corrected chi connectivity index (χ4v) is 0.927. The van der Waals surface area contributed by atoms with Crippen LogP contribution in [0.15, 0.2) is 11.5 Å². The van der Waals surface area contributed by atoms with Crippen LogP contribution in [0, 0.1) is 0 Å². The molecule has 0 heterocycles. The molecule has 0 atom stereocenters. The third kappa shape index (κ3) is 0.896. The molecule has 0 spiro atoms. The van der Waals surface area contributed by atoms with Crippen molar-refractivity contribution in [3.63, 3.8) is 0 Å². The van der Waals surface area contributed by atoms with E-state index in [0.717, 1.165) is 0 Å². The smallest absolute Gasteiger partial charge is 0.182 e. The minimum Gasteiger partial charge on any atom is -0.510 e. The Kier molecular flexibility index (Phi) is 1.42. The number of carbonyl (C=O) groups excluding carboxylic acids is 1. The molecule has 0 fully saturated rings. The van der Waals surface area contributed by atoms with Gasteiger partial charge in [0.05, 0.1) is 0 Å². The van der Waals surface area contributed by atoms with E-state index in [1.807, 2.05) is 0 Å². The number of Topliss-reactive ketones (excluding diaryl/α,β-unsaturated/α-hetero) is 1. The zero-order valence-electron chi connectivity index (χ0n) is 5.27. The maximum atomic E-state index is 10.7. The molecule has 0 amide bonds. The lowest BCUT2D eigenvalue weighted by Crippen LogP contribution is -2.12. The second kappa shape index (κ2) is 2.09. The number of aliphatic hydroxyl groups is 1. The van der Waals surface area contributed by atoms with Crippen molar-refractivity contribution in [2.75, 3.05) is 7.05 Å². The van der Waals surface area contributed by atoms with Gasteiger partial charge in [-0.05, 0) is 0 Å². The first-order valence-corrected chi connectivity index (χ1v) is 2.88. The van der Waals surface area contributed by atoms with E-state index in [4.69, 9.17) is 5.11 Å². The van der Waals surface area contributed by atoms with Gasteiger partial charge in [-0.15, -0.1) is 0 Å². The first-order chi connectivity index (χ1) is 4.25. The Labute approximate surface area is 53.4 Å². The molecule has 1 aliphatic rings. The zero-order chi connectivity index (χ0) is 6.85. The molecular formula is C6H9NO2. The number of hydrogen-bond acceptors (Lipinski definition) is 3. The molecule has 50 valence electrons. The van der Waals surface area contributed by atoms with Crippen molar-refractivity contribution in [3.8, 4) is 0 Å². The average molecular weight is 127 g/mol. The van der Waals surface area contributed by atoms with Gasteiger partial charge in [0, 0.05) is 19.9 Å². The van der Waals surface area contributed by atoms with Crippen LogP contribution in [0.25, 0.3) is 0 Å². The van der Waals surface area contributed by atoms with Crippen LogP contribution >= 0.6 is 0 Å². The fourth-order valence-electron chi connectivity index (χ4n) is 0.927. The highest BCUT2D eigenvalue weighted by Crippen LogP contribution is 2.17. The van der Waals surface area contributed by atoms with Crippen molar-refractivity contribution >= 4 is 5.78 Å². The van der Waals surface area contributed by atoms with Gasteiger partial charge in [-0.1, -0.05) is 0 Å². The van der Waals surface area contributed by atoms with Gasteiger partial charge in [0.1, 0.15) is 11.5 Å². The predicted molar refractivity (Wildman–Crippen MR) is 33.0 cm³/mol. The molecule has 0 radical (unpaired) electrons. The highest BCUT2D eigenvalue weighted by Gasteiger charge is 2.20. The van der Waals surface area contributed by atoms with Crippen LogP contribution in [-0.4, -0.2) is 17.9 Å². The van der Waals surface area contributed by atoms with Gasteiger partial charge in [-0.25, -0.2) is 0 Å². The van der Waals surface area contributed by atoms with E-state index < -0.39 is 0 Å². The van der Waals surface area contributed by atoms with Gasteiger partial charge in [0.15, 0.2) is 5.78 Å². The number of hydrogen-bond donors (Lipinski definition) is 2. The molecule has 1 aliphatic carbocycles. The normalized spacial score (nSPS) is 19.0. The highest BCUT2D eigenvalue weighted by atomic mass is 16.3. The summed E-state index contributed by atoms with van der Waals surface area (Å²) < 4.78 is 0. The molecule has 3 heteroatoms. The van der Waals surface area contributed by atoms with Crippen molar-refractivity contribution in [1.82, 2.24) is 5.32 Å². The molecular weight excluding hydrogens is 118 g/mol. The number of aliphatic hydroxyl groups excluding tert-OH is 1. The zero-order valence-corrected chi connectivity index (χ0v) is 5.27. The molecule has 1 rings (SSSR count). The number of ketones is 1. The number of allylic oxidation sites excluding steroid dienone is 2. The van der Waals surface area contributed by atoms with E-state index in [0.29, 0.717) is 18.5 Å². The van der Waals surface area contributed by atoms with Crippen molar-refractivity contribution < 1.29 is 9.90 Å². The van der Waals surface area contributed by atoms with Crippen LogP contribution in [0.4, 0.5) is 0 Å². The van der Waals surface area contributed by atoms with E-state index in [1.54, 1.807) is 7.05 Å². The van der Waals surface area contributed by atoms with Crippen LogP contribution in [-0.2, 0) is 4.79 Å². The second-order valence-corrected chi connectivity index (χ2v) is 1.99. The Morgan fingerprint density at radius 2 is 2.22 bits per heavy atom. The minimum atomic E-state index is 0.00926. The lowest BCUT2D eigenvalue weighted by atomic mass is 10.3. The van der Waals surface area contributed by atoms with E-state index in [2.05, 4.69) is 5.32 Å². The largest absolute Gasteiger partial charge is 0.510 e. The summed E-state index contributed by atoms with van der Waals surface area (Å²) >= 11 is 0. The van der Waals surface area contributed by atoms with Crippen molar-refractivity contribution in [3.05, 3.63) is 11.5 Å². The Balaban J connectivity index is 2.82. The molecule has 0 aromatic heterocycles. The minimum absolute atomic E-state index is 0.00926. The first kappa shape index (κ1) is 6.13. The molecule has 3 nitrogen and oxygen atoms in total. The van der Waals surface area contributed by atoms with E-state index in [-0.39, 0.29) is 11.5 Å². The maximum absolute atomic E-state index is 10.7. The molecule has 0 saturated heterocycles. The summed E-state index contributed by atoms with van der Waals surface area (Å²) in [7, 11) is 1.63. The fraction of sp³-hybridized carbons (Fsp3) is 0.500. The Morgan fingerprint density at radius 1 is 1.56 bits per heavy atom. The van der Waals surface area contributed by atoms with Gasteiger partial charge in [-0.3, -0.25) is 4.79 Å². The first-order valence-electron chi connectivity index (χ1n) is 2.88. The lowest BCUT2D eigenvalue weighted by molar-refractivity contribution is -0.115. The Hall–Kier alpha value is -0.990. The van der Waals surface area contributed by atoms with E-state index in [1.165, 1.54) is 0 Å². The maximum Gasteiger partial charge on any atom is 0.182 e. The summed E-state index contributed by atoms with van der Waals surface area (Å²) in [4.78, 5) is 10.7. The van der Waals surface area contributed by atoms with Crippen molar-refractivity contribution in [1.29, 1.82) is 0 Å². The quantitative estimate of drug-likeness (QED) is 0.534.